The summed E-state index contributed by atoms with van der Waals surface area (Å²) in [6.45, 7) is 3.17. The van der Waals surface area contributed by atoms with Crippen molar-refractivity contribution < 1.29 is 46.2 Å². The van der Waals surface area contributed by atoms with Crippen molar-refractivity contribution in [1.29, 1.82) is 0 Å². The molecule has 1 radical (unpaired) electrons. The van der Waals surface area contributed by atoms with E-state index in [9.17, 15) is 13.6 Å². The number of benzene rings is 1. The van der Waals surface area contributed by atoms with Crippen LogP contribution in [0.3, 0.4) is 0 Å². The topological polar surface area (TPSA) is 31.2 Å². The van der Waals surface area contributed by atoms with Crippen LogP contribution in [0.1, 0.15) is 0 Å². The Kier molecular flexibility index (Phi) is 8.10. The van der Waals surface area contributed by atoms with E-state index in [1.165, 1.54) is 6.07 Å². The van der Waals surface area contributed by atoms with Crippen LogP contribution in [0.5, 0.6) is 5.75 Å². The van der Waals surface area contributed by atoms with Gasteiger partial charge in [-0.15, -0.1) is 12.1 Å². The van der Waals surface area contributed by atoms with Crippen LogP contribution in [0.2, 0.25) is 5.02 Å². The van der Waals surface area contributed by atoms with Crippen LogP contribution in [-0.2, 0) is 39.3 Å². The van der Waals surface area contributed by atoms with Gasteiger partial charge in [0.1, 0.15) is 12.4 Å². The molecule has 3 nitrogen and oxygen atoms in total. The molecule has 0 atom stereocenters. The third kappa shape index (κ3) is 5.23. The Morgan fingerprint density at radius 2 is 2.00 bits per heavy atom. The standard InChI is InChI=1S/C16H13ClF2NO2.Y/c1-2-9-22-12-5-3-11(4-6-12)14-8-7-13(17)16(21)20(14)10-15(18)19;/h2-7,15H,1,9-10H2;/q-1;. The molecule has 0 spiro atoms. The first-order valence-corrected chi connectivity index (χ1v) is 6.84. The SMILES string of the molecule is C=CCOc1ccc(-c2[c-]cc(Cl)c(=O)n2CC(F)F)cc1.[Y]. The van der Waals surface area contributed by atoms with Crippen LogP contribution in [0.15, 0.2) is 47.8 Å². The third-order valence-corrected chi connectivity index (χ3v) is 3.14. The summed E-state index contributed by atoms with van der Waals surface area (Å²) < 4.78 is 31.6. The Labute approximate surface area is 162 Å². The zero-order valence-electron chi connectivity index (χ0n) is 12.1. The van der Waals surface area contributed by atoms with Crippen LogP contribution < -0.4 is 10.3 Å². The van der Waals surface area contributed by atoms with Gasteiger partial charge in [-0.3, -0.25) is 4.79 Å². The summed E-state index contributed by atoms with van der Waals surface area (Å²) in [5.74, 6) is 0.611. The predicted octanol–water partition coefficient (Wildman–Crippen LogP) is 3.80. The van der Waals surface area contributed by atoms with Gasteiger partial charge in [-0.25, -0.2) is 8.78 Å². The number of nitrogens with zero attached hydrogens (tertiary/aromatic N) is 1. The normalized spacial score (nSPS) is 10.3. The Morgan fingerprint density at radius 1 is 1.35 bits per heavy atom. The van der Waals surface area contributed by atoms with Gasteiger partial charge in [0.15, 0.2) is 0 Å². The van der Waals surface area contributed by atoms with Crippen molar-refractivity contribution in [2.24, 2.45) is 0 Å². The average Bonchev–Trinajstić information content (AvgIpc) is 2.50. The third-order valence-electron chi connectivity index (χ3n) is 2.87. The molecule has 1 aromatic heterocycles. The van der Waals surface area contributed by atoms with Crippen LogP contribution in [0, 0.1) is 6.07 Å². The molecule has 2 aromatic rings. The molecule has 0 amide bonds. The van der Waals surface area contributed by atoms with Gasteiger partial charge in [0.25, 0.3) is 6.43 Å². The second-order valence-corrected chi connectivity index (χ2v) is 4.82. The molecule has 119 valence electrons. The van der Waals surface area contributed by atoms with Crippen LogP contribution in [0.4, 0.5) is 8.78 Å². The van der Waals surface area contributed by atoms with Gasteiger partial charge >= 0.3 is 0 Å². The first-order valence-electron chi connectivity index (χ1n) is 6.46. The summed E-state index contributed by atoms with van der Waals surface area (Å²) in [6, 6.07) is 10.7. The van der Waals surface area contributed by atoms with E-state index < -0.39 is 18.5 Å². The first kappa shape index (κ1) is 20.0. The molecule has 0 unspecified atom stereocenters. The van der Waals surface area contributed by atoms with Gasteiger partial charge in [0.2, 0.25) is 5.56 Å². The number of hydrogen-bond acceptors (Lipinski definition) is 2. The quantitative estimate of drug-likeness (QED) is 0.533. The van der Waals surface area contributed by atoms with Crippen molar-refractivity contribution in [2.75, 3.05) is 6.61 Å². The molecule has 2 rings (SSSR count). The van der Waals surface area contributed by atoms with E-state index in [2.05, 4.69) is 12.6 Å². The van der Waals surface area contributed by atoms with Crippen molar-refractivity contribution >= 4 is 11.6 Å². The zero-order chi connectivity index (χ0) is 16.1. The molecular formula is C16H13ClF2NO2Y-. The van der Waals surface area contributed by atoms with Gasteiger partial charge < -0.3 is 9.30 Å². The summed E-state index contributed by atoms with van der Waals surface area (Å²) in [5.41, 5.74) is 0.160. The average molecular weight is 414 g/mol. The van der Waals surface area contributed by atoms with Crippen molar-refractivity contribution in [3.8, 4) is 17.0 Å². The Balaban J connectivity index is 0.00000264. The molecule has 0 aliphatic heterocycles. The number of hydrogen-bond donors (Lipinski definition) is 0. The molecule has 7 heteroatoms. The summed E-state index contributed by atoms with van der Waals surface area (Å²) in [6.07, 6.45) is -1.06. The van der Waals surface area contributed by atoms with Crippen molar-refractivity contribution in [1.82, 2.24) is 4.57 Å². The summed E-state index contributed by atoms with van der Waals surface area (Å²) in [4.78, 5) is 11.9. The number of aromatic nitrogens is 1. The number of alkyl halides is 2. The monoisotopic (exact) mass is 413 g/mol. The fourth-order valence-corrected chi connectivity index (χ4v) is 2.07. The molecule has 0 N–H and O–H groups in total. The number of rotatable bonds is 6. The maximum absolute atomic E-state index is 12.7. The fourth-order valence-electron chi connectivity index (χ4n) is 1.92. The van der Waals surface area contributed by atoms with E-state index in [1.54, 1.807) is 30.3 Å². The maximum atomic E-state index is 12.7. The molecule has 0 aliphatic carbocycles. The Morgan fingerprint density at radius 3 is 2.57 bits per heavy atom. The van der Waals surface area contributed by atoms with Gasteiger partial charge in [-0.2, -0.15) is 23.7 Å². The van der Waals surface area contributed by atoms with Crippen LogP contribution >= 0.6 is 11.6 Å². The number of ether oxygens (including phenoxy) is 1. The molecule has 0 aliphatic rings. The largest absolute Gasteiger partial charge is 0.490 e. The molecule has 0 saturated carbocycles. The Bertz CT molecular complexity index is 717. The van der Waals surface area contributed by atoms with Gasteiger partial charge in [0, 0.05) is 37.7 Å². The van der Waals surface area contributed by atoms with Gasteiger partial charge in [-0.1, -0.05) is 23.9 Å². The molecule has 1 heterocycles. The molecule has 1 aromatic carbocycles. The van der Waals surface area contributed by atoms with Gasteiger partial charge in [0.05, 0.1) is 6.54 Å². The molecule has 0 fully saturated rings. The second-order valence-electron chi connectivity index (χ2n) is 4.42. The van der Waals surface area contributed by atoms with E-state index >= 15 is 0 Å². The van der Waals surface area contributed by atoms with Gasteiger partial charge in [-0.05, 0) is 12.1 Å². The number of halogens is 3. The summed E-state index contributed by atoms with van der Waals surface area (Å²) >= 11 is 5.70. The van der Waals surface area contributed by atoms with Crippen LogP contribution in [-0.4, -0.2) is 17.6 Å². The smallest absolute Gasteiger partial charge is 0.256 e. The maximum Gasteiger partial charge on any atom is 0.256 e. The molecular weight excluding hydrogens is 401 g/mol. The fraction of sp³-hybridized carbons (Fsp3) is 0.188. The summed E-state index contributed by atoms with van der Waals surface area (Å²) in [5, 5.41) is -0.143. The molecule has 0 saturated heterocycles. The minimum atomic E-state index is -2.67. The number of pyridine rings is 1. The summed E-state index contributed by atoms with van der Waals surface area (Å²) in [7, 11) is 0. The van der Waals surface area contributed by atoms with Crippen molar-refractivity contribution in [2.45, 2.75) is 13.0 Å². The second kappa shape index (κ2) is 9.31. The van der Waals surface area contributed by atoms with E-state index in [-0.39, 0.29) is 43.4 Å². The van der Waals surface area contributed by atoms with E-state index in [0.29, 0.717) is 17.9 Å². The first-order chi connectivity index (χ1) is 10.5. The molecule has 23 heavy (non-hydrogen) atoms. The predicted molar refractivity (Wildman–Crippen MR) is 81.7 cm³/mol. The Hall–Kier alpha value is -1.04. The van der Waals surface area contributed by atoms with E-state index in [0.717, 1.165) is 4.57 Å². The van der Waals surface area contributed by atoms with Crippen LogP contribution in [0.25, 0.3) is 11.3 Å². The molecule has 0 bridgehead atoms. The van der Waals surface area contributed by atoms with Crippen molar-refractivity contribution in [3.63, 3.8) is 0 Å². The minimum absolute atomic E-state index is 0. The van der Waals surface area contributed by atoms with Crippen molar-refractivity contribution in [3.05, 3.63) is 64.4 Å². The zero-order valence-corrected chi connectivity index (χ0v) is 15.7. The minimum Gasteiger partial charge on any atom is -0.490 e. The van der Waals surface area contributed by atoms with E-state index in [4.69, 9.17) is 16.3 Å². The van der Waals surface area contributed by atoms with E-state index in [1.807, 2.05) is 0 Å².